The summed E-state index contributed by atoms with van der Waals surface area (Å²) in [5, 5.41) is 2.87. The van der Waals surface area contributed by atoms with Gasteiger partial charge in [0.1, 0.15) is 5.75 Å². The van der Waals surface area contributed by atoms with E-state index in [4.69, 9.17) is 4.74 Å². The van der Waals surface area contributed by atoms with E-state index in [1.54, 1.807) is 19.1 Å². The highest BCUT2D eigenvalue weighted by molar-refractivity contribution is 5.79. The number of hydrogen-bond acceptors (Lipinski definition) is 3. The van der Waals surface area contributed by atoms with Crippen molar-refractivity contribution in [3.8, 4) is 5.75 Å². The maximum atomic E-state index is 12.8. The van der Waals surface area contributed by atoms with Gasteiger partial charge in [-0.3, -0.25) is 9.59 Å². The Balaban J connectivity index is 2.10. The Labute approximate surface area is 161 Å². The number of nitrogens with zero attached hydrogens (tertiary/aromatic N) is 1. The van der Waals surface area contributed by atoms with E-state index in [0.29, 0.717) is 6.54 Å². The molecule has 0 aliphatic carbocycles. The molecule has 5 nitrogen and oxygen atoms in total. The molecule has 0 fully saturated rings. The number of carbonyl (C=O) groups excluding carboxylic acids is 2. The summed E-state index contributed by atoms with van der Waals surface area (Å²) in [6.07, 6.45) is 0.202. The first-order valence-electron chi connectivity index (χ1n) is 9.01. The largest absolute Gasteiger partial charge is 0.497 e. The van der Waals surface area contributed by atoms with Gasteiger partial charge in [-0.15, -0.1) is 0 Å². The SMILES string of the molecule is COc1ccc([C@H](CC(=O)N(C)Cc2ccc(C)cc2C)NC(C)=O)cc1. The highest BCUT2D eigenvalue weighted by Crippen LogP contribution is 2.22. The van der Waals surface area contributed by atoms with Crippen LogP contribution in [0.5, 0.6) is 5.75 Å². The Morgan fingerprint density at radius 1 is 1.11 bits per heavy atom. The Morgan fingerprint density at radius 2 is 1.78 bits per heavy atom. The third-order valence-electron chi connectivity index (χ3n) is 4.61. The van der Waals surface area contributed by atoms with Gasteiger partial charge in [-0.05, 0) is 42.7 Å². The van der Waals surface area contributed by atoms with E-state index in [-0.39, 0.29) is 24.3 Å². The fraction of sp³-hybridized carbons (Fsp3) is 0.364. The van der Waals surface area contributed by atoms with Crippen LogP contribution in [0, 0.1) is 13.8 Å². The zero-order chi connectivity index (χ0) is 20.0. The lowest BCUT2D eigenvalue weighted by atomic mass is 10.0. The molecule has 27 heavy (non-hydrogen) atoms. The van der Waals surface area contributed by atoms with Crippen molar-refractivity contribution < 1.29 is 14.3 Å². The van der Waals surface area contributed by atoms with Crippen LogP contribution in [-0.2, 0) is 16.1 Å². The van der Waals surface area contributed by atoms with Crippen LogP contribution in [0.4, 0.5) is 0 Å². The minimum Gasteiger partial charge on any atom is -0.497 e. The predicted molar refractivity (Wildman–Crippen MR) is 107 cm³/mol. The maximum Gasteiger partial charge on any atom is 0.225 e. The molecule has 0 saturated heterocycles. The van der Waals surface area contributed by atoms with Gasteiger partial charge in [0, 0.05) is 20.5 Å². The van der Waals surface area contributed by atoms with Crippen molar-refractivity contribution in [2.75, 3.05) is 14.2 Å². The molecule has 0 bridgehead atoms. The van der Waals surface area contributed by atoms with Crippen molar-refractivity contribution in [3.63, 3.8) is 0 Å². The highest BCUT2D eigenvalue weighted by Gasteiger charge is 2.20. The number of ether oxygens (including phenoxy) is 1. The summed E-state index contributed by atoms with van der Waals surface area (Å²) in [5.74, 6) is 0.545. The lowest BCUT2D eigenvalue weighted by Crippen LogP contribution is -2.33. The van der Waals surface area contributed by atoms with Crippen LogP contribution in [0.2, 0.25) is 0 Å². The molecule has 2 aromatic rings. The molecule has 0 aromatic heterocycles. The van der Waals surface area contributed by atoms with Crippen molar-refractivity contribution in [1.82, 2.24) is 10.2 Å². The van der Waals surface area contributed by atoms with Crippen LogP contribution < -0.4 is 10.1 Å². The number of hydrogen-bond donors (Lipinski definition) is 1. The quantitative estimate of drug-likeness (QED) is 0.813. The Kier molecular flexibility index (Phi) is 6.99. The van der Waals surface area contributed by atoms with Gasteiger partial charge in [0.15, 0.2) is 0 Å². The monoisotopic (exact) mass is 368 g/mol. The normalized spacial score (nSPS) is 11.6. The molecule has 5 heteroatoms. The molecule has 0 aliphatic rings. The minimum absolute atomic E-state index is 0.0236. The van der Waals surface area contributed by atoms with Gasteiger partial charge in [0.05, 0.1) is 19.6 Å². The second kappa shape index (κ2) is 9.21. The summed E-state index contributed by atoms with van der Waals surface area (Å²) in [6.45, 7) is 6.11. The molecule has 0 unspecified atom stereocenters. The van der Waals surface area contributed by atoms with E-state index in [0.717, 1.165) is 16.9 Å². The van der Waals surface area contributed by atoms with Crippen molar-refractivity contribution in [2.45, 2.75) is 39.8 Å². The van der Waals surface area contributed by atoms with Crippen LogP contribution in [0.1, 0.15) is 41.6 Å². The molecule has 2 aromatic carbocycles. The first-order valence-corrected chi connectivity index (χ1v) is 9.01. The van der Waals surface area contributed by atoms with E-state index >= 15 is 0 Å². The Hall–Kier alpha value is -2.82. The van der Waals surface area contributed by atoms with E-state index < -0.39 is 0 Å². The zero-order valence-electron chi connectivity index (χ0n) is 16.7. The highest BCUT2D eigenvalue weighted by atomic mass is 16.5. The first-order chi connectivity index (χ1) is 12.8. The topological polar surface area (TPSA) is 58.6 Å². The third-order valence-corrected chi connectivity index (χ3v) is 4.61. The maximum absolute atomic E-state index is 12.8. The molecule has 1 N–H and O–H groups in total. The van der Waals surface area contributed by atoms with Gasteiger partial charge in [-0.25, -0.2) is 0 Å². The molecule has 0 saturated carbocycles. The summed E-state index contributed by atoms with van der Waals surface area (Å²) in [6, 6.07) is 13.3. The second-order valence-electron chi connectivity index (χ2n) is 6.91. The van der Waals surface area contributed by atoms with Gasteiger partial charge in [-0.1, -0.05) is 35.9 Å². The van der Waals surface area contributed by atoms with Crippen LogP contribution in [0.25, 0.3) is 0 Å². The summed E-state index contributed by atoms with van der Waals surface area (Å²) in [5.41, 5.74) is 4.37. The van der Waals surface area contributed by atoms with Gasteiger partial charge >= 0.3 is 0 Å². The van der Waals surface area contributed by atoms with Crippen molar-refractivity contribution in [2.24, 2.45) is 0 Å². The molecule has 0 radical (unpaired) electrons. The van der Waals surface area contributed by atoms with Crippen LogP contribution in [-0.4, -0.2) is 30.9 Å². The van der Waals surface area contributed by atoms with E-state index in [9.17, 15) is 9.59 Å². The van der Waals surface area contributed by atoms with E-state index in [2.05, 4.69) is 37.4 Å². The zero-order valence-corrected chi connectivity index (χ0v) is 16.7. The average molecular weight is 368 g/mol. The fourth-order valence-electron chi connectivity index (χ4n) is 3.03. The fourth-order valence-corrected chi connectivity index (χ4v) is 3.03. The number of methoxy groups -OCH3 is 1. The lowest BCUT2D eigenvalue weighted by Gasteiger charge is -2.23. The molecule has 0 aliphatic heterocycles. The molecule has 2 rings (SSSR count). The molecule has 0 heterocycles. The number of carbonyl (C=O) groups is 2. The summed E-state index contributed by atoms with van der Waals surface area (Å²) in [7, 11) is 3.40. The van der Waals surface area contributed by atoms with Crippen molar-refractivity contribution in [3.05, 3.63) is 64.7 Å². The molecule has 144 valence electrons. The number of benzene rings is 2. The third kappa shape index (κ3) is 5.84. The summed E-state index contributed by atoms with van der Waals surface area (Å²) < 4.78 is 5.17. The lowest BCUT2D eigenvalue weighted by molar-refractivity contribution is -0.131. The van der Waals surface area contributed by atoms with E-state index in [1.807, 2.05) is 24.3 Å². The second-order valence-corrected chi connectivity index (χ2v) is 6.91. The van der Waals surface area contributed by atoms with Crippen molar-refractivity contribution >= 4 is 11.8 Å². The molecule has 1 atom stereocenters. The van der Waals surface area contributed by atoms with Gasteiger partial charge in [0.2, 0.25) is 11.8 Å². The summed E-state index contributed by atoms with van der Waals surface area (Å²) in [4.78, 5) is 26.1. The van der Waals surface area contributed by atoms with Gasteiger partial charge in [0.25, 0.3) is 0 Å². The Morgan fingerprint density at radius 3 is 2.33 bits per heavy atom. The number of rotatable bonds is 7. The van der Waals surface area contributed by atoms with E-state index in [1.165, 1.54) is 18.1 Å². The van der Waals surface area contributed by atoms with Gasteiger partial charge < -0.3 is 15.0 Å². The molecular weight excluding hydrogens is 340 g/mol. The number of nitrogens with one attached hydrogen (secondary N) is 1. The standard InChI is InChI=1S/C22H28N2O3/c1-15-6-7-19(16(2)12-15)14-24(4)22(26)13-21(23-17(3)25)18-8-10-20(27-5)11-9-18/h6-12,21H,13-14H2,1-5H3,(H,23,25)/t21-/m0/s1. The predicted octanol–water partition coefficient (Wildman–Crippen LogP) is 3.54. The summed E-state index contributed by atoms with van der Waals surface area (Å²) >= 11 is 0. The van der Waals surface area contributed by atoms with Gasteiger partial charge in [-0.2, -0.15) is 0 Å². The van der Waals surface area contributed by atoms with Crippen LogP contribution in [0.3, 0.4) is 0 Å². The van der Waals surface area contributed by atoms with Crippen molar-refractivity contribution in [1.29, 1.82) is 0 Å². The molecule has 2 amide bonds. The number of aryl methyl sites for hydroxylation is 2. The first kappa shape index (κ1) is 20.5. The smallest absolute Gasteiger partial charge is 0.225 e. The Bertz CT molecular complexity index is 800. The minimum atomic E-state index is -0.373. The molecular formula is C22H28N2O3. The van der Waals surface area contributed by atoms with Crippen LogP contribution >= 0.6 is 0 Å². The number of amides is 2. The molecule has 0 spiro atoms. The average Bonchev–Trinajstić information content (AvgIpc) is 2.63. The van der Waals surface area contributed by atoms with Crippen LogP contribution in [0.15, 0.2) is 42.5 Å².